The van der Waals surface area contributed by atoms with Gasteiger partial charge in [0.15, 0.2) is 0 Å². The number of rotatable bonds is 3. The maximum Gasteiger partial charge on any atom is 0.405 e. The van der Waals surface area contributed by atoms with Crippen LogP contribution < -0.4 is 10.6 Å². The first-order valence-electron chi connectivity index (χ1n) is 5.92. The van der Waals surface area contributed by atoms with Gasteiger partial charge in [0.25, 0.3) is 0 Å². The fraction of sp³-hybridized carbons (Fsp3) is 0.917. The van der Waals surface area contributed by atoms with Gasteiger partial charge >= 0.3 is 6.09 Å². The highest BCUT2D eigenvalue weighted by atomic mass is 16.4. The monoisotopic (exact) mass is 228 g/mol. The number of nitrogens with one attached hydrogen (secondary N) is 2. The van der Waals surface area contributed by atoms with Gasteiger partial charge in [-0.15, -0.1) is 0 Å². The fourth-order valence-corrected chi connectivity index (χ4v) is 2.75. The SMILES string of the molecule is CC1(C)CNC[C@@H](CC(C)(C)NC(=O)O)C1. The van der Waals surface area contributed by atoms with Crippen molar-refractivity contribution in [2.75, 3.05) is 13.1 Å². The summed E-state index contributed by atoms with van der Waals surface area (Å²) in [4.78, 5) is 10.7. The van der Waals surface area contributed by atoms with Crippen LogP contribution in [0, 0.1) is 11.3 Å². The van der Waals surface area contributed by atoms with E-state index in [2.05, 4.69) is 24.5 Å². The standard InChI is InChI=1S/C12H24N2O2/c1-11(2)5-9(7-13-8-11)6-12(3,4)14-10(15)16/h9,13-14H,5-8H2,1-4H3,(H,15,16)/t9-/m1/s1. The van der Waals surface area contributed by atoms with E-state index >= 15 is 0 Å². The van der Waals surface area contributed by atoms with Crippen LogP contribution in [0.1, 0.15) is 40.5 Å². The molecule has 1 heterocycles. The lowest BCUT2D eigenvalue weighted by atomic mass is 9.75. The van der Waals surface area contributed by atoms with Crippen LogP contribution in [0.2, 0.25) is 0 Å². The average Bonchev–Trinajstić information content (AvgIpc) is 1.96. The zero-order valence-corrected chi connectivity index (χ0v) is 10.8. The number of hydrogen-bond acceptors (Lipinski definition) is 2. The first kappa shape index (κ1) is 13.3. The van der Waals surface area contributed by atoms with Crippen LogP contribution in [0.5, 0.6) is 0 Å². The Bertz CT molecular complexity index is 262. The highest BCUT2D eigenvalue weighted by Crippen LogP contribution is 2.32. The molecule has 0 aromatic heterocycles. The van der Waals surface area contributed by atoms with Crippen molar-refractivity contribution >= 4 is 6.09 Å². The first-order chi connectivity index (χ1) is 7.20. The van der Waals surface area contributed by atoms with Crippen molar-refractivity contribution < 1.29 is 9.90 Å². The van der Waals surface area contributed by atoms with Crippen LogP contribution in [0.25, 0.3) is 0 Å². The molecule has 0 radical (unpaired) electrons. The first-order valence-corrected chi connectivity index (χ1v) is 5.92. The topological polar surface area (TPSA) is 61.4 Å². The highest BCUT2D eigenvalue weighted by molar-refractivity contribution is 5.65. The number of carboxylic acid groups (broad SMARTS) is 1. The zero-order chi connectivity index (χ0) is 12.4. The third kappa shape index (κ3) is 4.39. The van der Waals surface area contributed by atoms with Gasteiger partial charge in [0, 0.05) is 12.1 Å². The Labute approximate surface area is 97.8 Å². The zero-order valence-electron chi connectivity index (χ0n) is 10.8. The molecule has 1 saturated heterocycles. The van der Waals surface area contributed by atoms with E-state index in [-0.39, 0.29) is 5.54 Å². The van der Waals surface area contributed by atoms with Gasteiger partial charge in [-0.05, 0) is 44.6 Å². The van der Waals surface area contributed by atoms with Gasteiger partial charge in [0.05, 0.1) is 0 Å². The van der Waals surface area contributed by atoms with Crippen molar-refractivity contribution in [3.63, 3.8) is 0 Å². The van der Waals surface area contributed by atoms with Gasteiger partial charge in [-0.2, -0.15) is 0 Å². The summed E-state index contributed by atoms with van der Waals surface area (Å²) in [5.41, 5.74) is -0.0200. The molecule has 1 amide bonds. The molecule has 1 aliphatic heterocycles. The fourth-order valence-electron chi connectivity index (χ4n) is 2.75. The molecule has 3 N–H and O–H groups in total. The van der Waals surface area contributed by atoms with Gasteiger partial charge < -0.3 is 15.7 Å². The van der Waals surface area contributed by atoms with Crippen molar-refractivity contribution in [1.29, 1.82) is 0 Å². The lowest BCUT2D eigenvalue weighted by molar-refractivity contribution is 0.151. The Morgan fingerprint density at radius 3 is 2.69 bits per heavy atom. The van der Waals surface area contributed by atoms with Crippen LogP contribution in [-0.2, 0) is 0 Å². The molecule has 1 fully saturated rings. The maximum atomic E-state index is 10.7. The number of carbonyl (C=O) groups is 1. The van der Waals surface area contributed by atoms with Gasteiger partial charge in [-0.3, -0.25) is 0 Å². The second kappa shape index (κ2) is 4.62. The van der Waals surface area contributed by atoms with E-state index in [4.69, 9.17) is 5.11 Å². The van der Waals surface area contributed by atoms with Gasteiger partial charge in [0.2, 0.25) is 0 Å². The largest absolute Gasteiger partial charge is 0.465 e. The summed E-state index contributed by atoms with van der Waals surface area (Å²) in [6.07, 6.45) is 1.11. The summed E-state index contributed by atoms with van der Waals surface area (Å²) >= 11 is 0. The molecular formula is C12H24N2O2. The minimum absolute atomic E-state index is 0.322. The van der Waals surface area contributed by atoms with Crippen molar-refractivity contribution in [3.05, 3.63) is 0 Å². The van der Waals surface area contributed by atoms with Crippen LogP contribution >= 0.6 is 0 Å². The molecule has 4 nitrogen and oxygen atoms in total. The maximum absolute atomic E-state index is 10.7. The summed E-state index contributed by atoms with van der Waals surface area (Å²) < 4.78 is 0. The van der Waals surface area contributed by atoms with Crippen molar-refractivity contribution in [3.8, 4) is 0 Å². The van der Waals surface area contributed by atoms with E-state index in [9.17, 15) is 4.79 Å². The molecule has 0 bridgehead atoms. The second-order valence-corrected chi connectivity index (χ2v) is 6.38. The predicted molar refractivity (Wildman–Crippen MR) is 64.6 cm³/mol. The molecule has 1 atom stereocenters. The smallest absolute Gasteiger partial charge is 0.405 e. The Morgan fingerprint density at radius 2 is 2.19 bits per heavy atom. The summed E-state index contributed by atoms with van der Waals surface area (Å²) in [5.74, 6) is 0.547. The van der Waals surface area contributed by atoms with E-state index in [0.717, 1.165) is 25.9 Å². The lowest BCUT2D eigenvalue weighted by Crippen LogP contribution is -2.48. The third-order valence-electron chi connectivity index (χ3n) is 3.12. The molecule has 0 aromatic carbocycles. The van der Waals surface area contributed by atoms with E-state index in [1.54, 1.807) is 0 Å². The van der Waals surface area contributed by atoms with E-state index in [0.29, 0.717) is 11.3 Å². The van der Waals surface area contributed by atoms with Gasteiger partial charge in [-0.1, -0.05) is 13.8 Å². The summed E-state index contributed by atoms with van der Waals surface area (Å²) in [6, 6.07) is 0. The quantitative estimate of drug-likeness (QED) is 0.693. The van der Waals surface area contributed by atoms with Crippen molar-refractivity contribution in [2.24, 2.45) is 11.3 Å². The predicted octanol–water partition coefficient (Wildman–Crippen LogP) is 2.06. The van der Waals surface area contributed by atoms with E-state index in [1.165, 1.54) is 0 Å². The Balaban J connectivity index is 2.50. The Kier molecular flexibility index (Phi) is 3.84. The Morgan fingerprint density at radius 1 is 1.56 bits per heavy atom. The van der Waals surface area contributed by atoms with Crippen LogP contribution in [0.15, 0.2) is 0 Å². The number of piperidine rings is 1. The van der Waals surface area contributed by atoms with Crippen molar-refractivity contribution in [1.82, 2.24) is 10.6 Å². The molecule has 0 unspecified atom stereocenters. The molecule has 94 valence electrons. The molecule has 0 saturated carbocycles. The molecule has 0 aromatic rings. The van der Waals surface area contributed by atoms with Gasteiger partial charge in [-0.25, -0.2) is 4.79 Å². The second-order valence-electron chi connectivity index (χ2n) is 6.38. The van der Waals surface area contributed by atoms with E-state index in [1.807, 2.05) is 13.8 Å². The molecule has 0 spiro atoms. The van der Waals surface area contributed by atoms with Crippen LogP contribution in [0.3, 0.4) is 0 Å². The molecule has 0 aliphatic carbocycles. The molecule has 1 aliphatic rings. The Hall–Kier alpha value is -0.770. The normalized spacial score (nSPS) is 25.1. The molecule has 16 heavy (non-hydrogen) atoms. The average molecular weight is 228 g/mol. The summed E-state index contributed by atoms with van der Waals surface area (Å²) in [7, 11) is 0. The third-order valence-corrected chi connectivity index (χ3v) is 3.12. The van der Waals surface area contributed by atoms with Crippen LogP contribution in [0.4, 0.5) is 4.79 Å². The minimum Gasteiger partial charge on any atom is -0.465 e. The van der Waals surface area contributed by atoms with Gasteiger partial charge in [0.1, 0.15) is 0 Å². The molecule has 4 heteroatoms. The lowest BCUT2D eigenvalue weighted by Gasteiger charge is -2.39. The minimum atomic E-state index is -0.937. The number of amides is 1. The summed E-state index contributed by atoms with van der Waals surface area (Å²) in [6.45, 7) is 10.4. The molecule has 1 rings (SSSR count). The van der Waals surface area contributed by atoms with Crippen molar-refractivity contribution in [2.45, 2.75) is 46.1 Å². The number of hydrogen-bond donors (Lipinski definition) is 3. The summed E-state index contributed by atoms with van der Waals surface area (Å²) in [5, 5.41) is 14.8. The molecular weight excluding hydrogens is 204 g/mol. The van der Waals surface area contributed by atoms with E-state index < -0.39 is 6.09 Å². The van der Waals surface area contributed by atoms with Crippen LogP contribution in [-0.4, -0.2) is 29.8 Å². The highest BCUT2D eigenvalue weighted by Gasteiger charge is 2.32.